The van der Waals surface area contributed by atoms with Crippen molar-refractivity contribution in [3.05, 3.63) is 34.0 Å². The van der Waals surface area contributed by atoms with Crippen LogP contribution in [0, 0.1) is 0 Å². The summed E-state index contributed by atoms with van der Waals surface area (Å²) in [6.07, 6.45) is 23.5. The van der Waals surface area contributed by atoms with Crippen molar-refractivity contribution in [2.24, 2.45) is 0 Å². The fourth-order valence-corrected chi connectivity index (χ4v) is 5.39. The molecular weight excluding hydrogens is 544 g/mol. The molecule has 0 unspecified atom stereocenters. The highest BCUT2D eigenvalue weighted by molar-refractivity contribution is 5.98. The molecule has 0 saturated heterocycles. The van der Waals surface area contributed by atoms with Gasteiger partial charge in [-0.1, -0.05) is 129 Å². The molecule has 0 heterocycles. The lowest BCUT2D eigenvalue weighted by Crippen LogP contribution is -2.06. The van der Waals surface area contributed by atoms with E-state index < -0.39 is 28.6 Å². The first-order chi connectivity index (χ1) is 20.9. The van der Waals surface area contributed by atoms with E-state index in [0.29, 0.717) is 6.61 Å². The lowest BCUT2D eigenvalue weighted by Gasteiger charge is -2.11. The average Bonchev–Trinajstić information content (AvgIpc) is 3.12. The van der Waals surface area contributed by atoms with Crippen molar-refractivity contribution in [3.63, 3.8) is 0 Å². The van der Waals surface area contributed by atoms with E-state index in [1.54, 1.807) is 0 Å². The van der Waals surface area contributed by atoms with E-state index in [1.807, 2.05) is 0 Å². The number of hydrogen-bond donors (Lipinski definition) is 3. The molecule has 0 saturated carbocycles. The number of esters is 1. The number of phenols is 2. The van der Waals surface area contributed by atoms with Crippen molar-refractivity contribution in [2.75, 3.05) is 13.2 Å². The Morgan fingerprint density at radius 1 is 0.605 bits per heavy atom. The van der Waals surface area contributed by atoms with E-state index in [4.69, 9.17) is 9.47 Å². The minimum Gasteiger partial charge on any atom is -0.504 e. The predicted molar refractivity (Wildman–Crippen MR) is 175 cm³/mol. The standard InChI is InChI=1S/C36H56O7/c1-3-5-7-9-11-13-15-17-19-21-23-42-31-27-28-25-29(26-30(37)33(38)32(28)35(40)34(31)39)36(41)43-24-22-20-18-16-14-12-10-8-6-4-2/h25-27,39-40H,3-24H2,1-2H3,(H,37,38). The number of carbonyl (C=O) groups is 1. The lowest BCUT2D eigenvalue weighted by atomic mass is 10.1. The van der Waals surface area contributed by atoms with Gasteiger partial charge >= 0.3 is 5.97 Å². The number of hydrogen-bond acceptors (Lipinski definition) is 7. The second kappa shape index (κ2) is 21.7. The molecule has 0 aliphatic heterocycles. The quantitative estimate of drug-likeness (QED) is 0.0624. The molecule has 0 radical (unpaired) electrons. The number of unbranched alkanes of at least 4 members (excludes halogenated alkanes) is 18. The van der Waals surface area contributed by atoms with Crippen molar-refractivity contribution in [1.29, 1.82) is 0 Å². The van der Waals surface area contributed by atoms with Gasteiger partial charge in [-0.3, -0.25) is 4.79 Å². The van der Waals surface area contributed by atoms with Gasteiger partial charge in [0.15, 0.2) is 17.2 Å². The first-order valence-electron chi connectivity index (χ1n) is 17.0. The van der Waals surface area contributed by atoms with Gasteiger partial charge in [0.05, 0.1) is 24.2 Å². The molecule has 0 aliphatic rings. The zero-order valence-corrected chi connectivity index (χ0v) is 26.8. The fourth-order valence-electron chi connectivity index (χ4n) is 5.39. The lowest BCUT2D eigenvalue weighted by molar-refractivity contribution is 0.0497. The summed E-state index contributed by atoms with van der Waals surface area (Å²) in [6, 6.07) is 3.84. The van der Waals surface area contributed by atoms with Crippen LogP contribution in [0.1, 0.15) is 153 Å². The van der Waals surface area contributed by atoms with Gasteiger partial charge in [0.2, 0.25) is 11.2 Å². The maximum absolute atomic E-state index is 12.8. The van der Waals surface area contributed by atoms with Crippen molar-refractivity contribution >= 4 is 16.7 Å². The summed E-state index contributed by atoms with van der Waals surface area (Å²) in [5.74, 6) is -2.60. The molecular formula is C36H56O7. The molecule has 43 heavy (non-hydrogen) atoms. The van der Waals surface area contributed by atoms with Gasteiger partial charge in [0, 0.05) is 0 Å². The fraction of sp³-hybridized carbons (Fsp3) is 0.667. The molecule has 0 aliphatic carbocycles. The van der Waals surface area contributed by atoms with E-state index in [0.717, 1.165) is 44.6 Å². The Morgan fingerprint density at radius 3 is 1.58 bits per heavy atom. The number of rotatable bonds is 24. The molecule has 0 bridgehead atoms. The molecule has 2 rings (SSSR count). The van der Waals surface area contributed by atoms with Crippen molar-refractivity contribution < 1.29 is 29.6 Å². The van der Waals surface area contributed by atoms with Gasteiger partial charge in [-0.25, -0.2) is 4.79 Å². The Kier molecular flexibility index (Phi) is 18.3. The number of phenolic OH excluding ortho intramolecular Hbond substituents is 2. The van der Waals surface area contributed by atoms with Gasteiger partial charge in [-0.05, 0) is 36.4 Å². The summed E-state index contributed by atoms with van der Waals surface area (Å²) in [5, 5.41) is 31.3. The monoisotopic (exact) mass is 600 g/mol. The predicted octanol–water partition coefficient (Wildman–Crippen LogP) is 9.69. The maximum Gasteiger partial charge on any atom is 0.338 e. The number of carbonyl (C=O) groups excluding carboxylic acids is 1. The third kappa shape index (κ3) is 13.5. The highest BCUT2D eigenvalue weighted by Crippen LogP contribution is 2.41. The zero-order chi connectivity index (χ0) is 31.3. The van der Waals surface area contributed by atoms with Crippen LogP contribution in [0.5, 0.6) is 23.0 Å². The Labute approximate surface area is 258 Å². The molecule has 242 valence electrons. The molecule has 7 heteroatoms. The molecule has 0 atom stereocenters. The molecule has 0 amide bonds. The van der Waals surface area contributed by atoms with Gasteiger partial charge in [0.25, 0.3) is 0 Å². The van der Waals surface area contributed by atoms with Crippen LogP contribution in [0.25, 0.3) is 10.8 Å². The summed E-state index contributed by atoms with van der Waals surface area (Å²) >= 11 is 0. The molecule has 0 spiro atoms. The second-order valence-electron chi connectivity index (χ2n) is 11.8. The minimum atomic E-state index is -0.891. The Morgan fingerprint density at radius 2 is 1.07 bits per heavy atom. The van der Waals surface area contributed by atoms with E-state index in [9.17, 15) is 24.9 Å². The van der Waals surface area contributed by atoms with E-state index in [2.05, 4.69) is 13.8 Å². The van der Waals surface area contributed by atoms with Crippen LogP contribution in [-0.2, 0) is 4.74 Å². The van der Waals surface area contributed by atoms with Crippen LogP contribution in [0.2, 0.25) is 0 Å². The van der Waals surface area contributed by atoms with Crippen LogP contribution in [0.4, 0.5) is 0 Å². The summed E-state index contributed by atoms with van der Waals surface area (Å²) in [6.45, 7) is 5.04. The number of ether oxygens (including phenoxy) is 2. The van der Waals surface area contributed by atoms with Gasteiger partial charge in [-0.15, -0.1) is 0 Å². The van der Waals surface area contributed by atoms with Gasteiger partial charge in [0.1, 0.15) is 0 Å². The van der Waals surface area contributed by atoms with E-state index >= 15 is 0 Å². The number of benzene rings is 1. The zero-order valence-electron chi connectivity index (χ0n) is 26.8. The number of aromatic hydroxyl groups is 3. The SMILES string of the molecule is CCCCCCCCCCCCOC(=O)c1cc(O)c(=O)c2c(O)c(O)c(OCCCCCCCCCCCC)cc2c1. The van der Waals surface area contributed by atoms with E-state index in [1.165, 1.54) is 102 Å². The van der Waals surface area contributed by atoms with Crippen molar-refractivity contribution in [3.8, 4) is 23.0 Å². The maximum atomic E-state index is 12.8. The Bertz CT molecular complexity index is 1140. The minimum absolute atomic E-state index is 0.0117. The normalized spacial score (nSPS) is 11.2. The first kappa shape index (κ1) is 36.2. The summed E-state index contributed by atoms with van der Waals surface area (Å²) < 4.78 is 11.2. The molecule has 2 aromatic rings. The highest BCUT2D eigenvalue weighted by atomic mass is 16.5. The topological polar surface area (TPSA) is 113 Å². The summed E-state index contributed by atoms with van der Waals surface area (Å²) in [5.41, 5.74) is -0.903. The molecule has 3 N–H and O–H groups in total. The highest BCUT2D eigenvalue weighted by Gasteiger charge is 2.19. The largest absolute Gasteiger partial charge is 0.504 e. The molecule has 2 aromatic carbocycles. The van der Waals surface area contributed by atoms with Crippen molar-refractivity contribution in [2.45, 2.75) is 142 Å². The summed E-state index contributed by atoms with van der Waals surface area (Å²) in [7, 11) is 0. The van der Waals surface area contributed by atoms with Crippen LogP contribution in [-0.4, -0.2) is 34.5 Å². The third-order valence-electron chi connectivity index (χ3n) is 8.05. The Balaban J connectivity index is 1.88. The second-order valence-corrected chi connectivity index (χ2v) is 11.8. The van der Waals surface area contributed by atoms with Crippen LogP contribution in [0.3, 0.4) is 0 Å². The van der Waals surface area contributed by atoms with Gasteiger partial charge < -0.3 is 24.8 Å². The smallest absolute Gasteiger partial charge is 0.338 e. The number of fused-ring (bicyclic) bond motifs is 1. The summed E-state index contributed by atoms with van der Waals surface area (Å²) in [4.78, 5) is 25.6. The molecule has 0 fully saturated rings. The molecule has 0 aromatic heterocycles. The van der Waals surface area contributed by atoms with Gasteiger partial charge in [-0.2, -0.15) is 0 Å². The first-order valence-corrected chi connectivity index (χ1v) is 17.0. The van der Waals surface area contributed by atoms with Crippen LogP contribution >= 0.6 is 0 Å². The van der Waals surface area contributed by atoms with Crippen LogP contribution < -0.4 is 10.2 Å². The third-order valence-corrected chi connectivity index (χ3v) is 8.05. The van der Waals surface area contributed by atoms with Crippen molar-refractivity contribution in [1.82, 2.24) is 0 Å². The molecule has 7 nitrogen and oxygen atoms in total. The van der Waals surface area contributed by atoms with E-state index in [-0.39, 0.29) is 28.7 Å². The Hall–Kier alpha value is -2.96. The average molecular weight is 601 g/mol. The van der Waals surface area contributed by atoms with Crippen LogP contribution in [0.15, 0.2) is 23.0 Å².